The summed E-state index contributed by atoms with van der Waals surface area (Å²) in [5, 5.41) is 3.22. The van der Waals surface area contributed by atoms with Gasteiger partial charge in [-0.05, 0) is 60.2 Å². The smallest absolute Gasteiger partial charge is 0.489 e. The highest BCUT2D eigenvalue weighted by Crippen LogP contribution is 2.29. The number of halogens is 4. The summed E-state index contributed by atoms with van der Waals surface area (Å²) in [5.74, 6) is 0.569. The molecule has 1 aliphatic heterocycles. The van der Waals surface area contributed by atoms with E-state index in [0.29, 0.717) is 24.8 Å². The maximum atomic E-state index is 13.1. The molecule has 1 aliphatic rings. The zero-order valence-corrected chi connectivity index (χ0v) is 18.5. The quantitative estimate of drug-likeness (QED) is 0.320. The number of fused-ring (bicyclic) bond motifs is 1. The molecule has 1 atom stereocenters. The number of H-pyrrole nitrogens is 1. The van der Waals surface area contributed by atoms with Crippen molar-refractivity contribution in [2.75, 3.05) is 23.3 Å². The summed E-state index contributed by atoms with van der Waals surface area (Å²) in [6, 6.07) is 17.7. The fourth-order valence-electron chi connectivity index (χ4n) is 4.04. The molecule has 0 radical (unpaired) electrons. The highest BCUT2D eigenvalue weighted by atomic mass is 19.4. The van der Waals surface area contributed by atoms with Gasteiger partial charge in [0.25, 0.3) is 0 Å². The first-order valence-electron chi connectivity index (χ1n) is 11.1. The molecule has 0 bridgehead atoms. The Morgan fingerprint density at radius 2 is 1.74 bits per heavy atom. The van der Waals surface area contributed by atoms with Gasteiger partial charge in [-0.2, -0.15) is 0 Å². The van der Waals surface area contributed by atoms with E-state index in [1.54, 1.807) is 12.1 Å². The van der Waals surface area contributed by atoms with Crippen molar-refractivity contribution in [1.29, 1.82) is 0 Å². The maximum absolute atomic E-state index is 13.1. The molecule has 1 saturated heterocycles. The molecule has 0 aliphatic carbocycles. The summed E-state index contributed by atoms with van der Waals surface area (Å²) in [6.07, 6.45) is -4.02. The van der Waals surface area contributed by atoms with E-state index in [1.807, 2.05) is 18.2 Å². The van der Waals surface area contributed by atoms with Crippen LogP contribution in [0.15, 0.2) is 66.7 Å². The number of ether oxygens (including phenoxy) is 2. The molecule has 0 saturated carbocycles. The van der Waals surface area contributed by atoms with Crippen LogP contribution < -0.4 is 19.7 Å². The number of hydrogen-bond donors (Lipinski definition) is 2. The molecular weight excluding hydrogens is 464 g/mol. The highest BCUT2D eigenvalue weighted by molar-refractivity contribution is 5.81. The summed E-state index contributed by atoms with van der Waals surface area (Å²) >= 11 is 0. The predicted molar refractivity (Wildman–Crippen MR) is 124 cm³/mol. The van der Waals surface area contributed by atoms with Crippen LogP contribution >= 0.6 is 0 Å². The van der Waals surface area contributed by atoms with Crippen molar-refractivity contribution in [3.05, 3.63) is 78.1 Å². The molecule has 35 heavy (non-hydrogen) atoms. The van der Waals surface area contributed by atoms with Crippen molar-refractivity contribution in [3.8, 4) is 11.5 Å². The zero-order chi connectivity index (χ0) is 24.4. The van der Waals surface area contributed by atoms with Crippen molar-refractivity contribution in [3.63, 3.8) is 0 Å². The second-order valence-corrected chi connectivity index (χ2v) is 8.26. The molecule has 5 rings (SSSR count). The summed E-state index contributed by atoms with van der Waals surface area (Å²) in [5.41, 5.74) is 3.67. The minimum atomic E-state index is -4.72. The summed E-state index contributed by atoms with van der Waals surface area (Å²) in [4.78, 5) is 10.0. The van der Waals surface area contributed by atoms with E-state index in [-0.39, 0.29) is 17.7 Å². The molecule has 1 unspecified atom stereocenters. The van der Waals surface area contributed by atoms with E-state index < -0.39 is 6.36 Å². The monoisotopic (exact) mass is 486 g/mol. The third kappa shape index (κ3) is 5.76. The molecular formula is C25H22F4N4O2. The summed E-state index contributed by atoms with van der Waals surface area (Å²) in [6.45, 7) is 1.95. The molecule has 10 heteroatoms. The Hall–Kier alpha value is -3.95. The fourth-order valence-corrected chi connectivity index (χ4v) is 4.04. The van der Waals surface area contributed by atoms with Crippen molar-refractivity contribution >= 4 is 22.7 Å². The zero-order valence-electron chi connectivity index (χ0n) is 18.5. The number of aromatic nitrogens is 2. The van der Waals surface area contributed by atoms with Crippen LogP contribution in [-0.2, 0) is 6.54 Å². The Balaban J connectivity index is 1.18. The summed E-state index contributed by atoms with van der Waals surface area (Å²) < 4.78 is 59.8. The molecule has 0 spiro atoms. The lowest BCUT2D eigenvalue weighted by atomic mass is 10.2. The topological polar surface area (TPSA) is 62.4 Å². The predicted octanol–water partition coefficient (Wildman–Crippen LogP) is 5.87. The Labute approximate surface area is 198 Å². The van der Waals surface area contributed by atoms with E-state index in [4.69, 9.17) is 4.74 Å². The van der Waals surface area contributed by atoms with Gasteiger partial charge >= 0.3 is 6.36 Å². The number of hydrogen-bond acceptors (Lipinski definition) is 5. The van der Waals surface area contributed by atoms with Crippen LogP contribution in [0, 0.1) is 5.82 Å². The van der Waals surface area contributed by atoms with Crippen LogP contribution in [0.1, 0.15) is 12.0 Å². The molecule has 3 aromatic carbocycles. The molecule has 1 fully saturated rings. The lowest BCUT2D eigenvalue weighted by Gasteiger charge is -2.19. The molecule has 2 heterocycles. The van der Waals surface area contributed by atoms with Gasteiger partial charge in [-0.3, -0.25) is 0 Å². The number of rotatable bonds is 7. The number of nitrogens with one attached hydrogen (secondary N) is 2. The average molecular weight is 486 g/mol. The largest absolute Gasteiger partial charge is 0.573 e. The Morgan fingerprint density at radius 1 is 1.00 bits per heavy atom. The molecule has 1 aromatic heterocycles. The first-order chi connectivity index (χ1) is 16.8. The van der Waals surface area contributed by atoms with Crippen molar-refractivity contribution in [2.24, 2.45) is 0 Å². The van der Waals surface area contributed by atoms with Crippen LogP contribution in [0.3, 0.4) is 0 Å². The Morgan fingerprint density at radius 3 is 2.49 bits per heavy atom. The van der Waals surface area contributed by atoms with Gasteiger partial charge < -0.3 is 24.7 Å². The van der Waals surface area contributed by atoms with Crippen LogP contribution in [0.25, 0.3) is 11.0 Å². The maximum Gasteiger partial charge on any atom is 0.573 e. The number of benzene rings is 3. The van der Waals surface area contributed by atoms with E-state index in [0.717, 1.165) is 35.2 Å². The number of anilines is 2. The van der Waals surface area contributed by atoms with Gasteiger partial charge in [0.1, 0.15) is 23.4 Å². The van der Waals surface area contributed by atoms with Crippen molar-refractivity contribution in [2.45, 2.75) is 25.4 Å². The van der Waals surface area contributed by atoms with Crippen LogP contribution in [0.2, 0.25) is 0 Å². The standard InChI is InChI=1S/C25H22F4N4O2/c26-17-3-1-16(2-4-17)14-30-24-31-22-10-5-18(13-23(22)32-24)33-12-11-21(15-33)34-19-6-8-20(9-7-19)35-25(27,28)29/h1-10,13,21H,11-12,14-15H2,(H2,30,31,32). The molecule has 2 N–H and O–H groups in total. The van der Waals surface area contributed by atoms with Crippen LogP contribution in [0.5, 0.6) is 11.5 Å². The van der Waals surface area contributed by atoms with Crippen LogP contribution in [0.4, 0.5) is 29.2 Å². The van der Waals surface area contributed by atoms with Crippen LogP contribution in [-0.4, -0.2) is 35.5 Å². The van der Waals surface area contributed by atoms with E-state index in [1.165, 1.54) is 36.4 Å². The Bertz CT molecular complexity index is 1290. The number of nitrogens with zero attached hydrogens (tertiary/aromatic N) is 2. The second kappa shape index (κ2) is 9.36. The fraction of sp³-hybridized carbons (Fsp3) is 0.240. The number of aromatic amines is 1. The minimum absolute atomic E-state index is 0.0882. The lowest BCUT2D eigenvalue weighted by Crippen LogP contribution is -2.24. The van der Waals surface area contributed by atoms with Crippen molar-refractivity contribution < 1.29 is 27.0 Å². The van der Waals surface area contributed by atoms with Gasteiger partial charge in [0, 0.05) is 25.2 Å². The molecule has 4 aromatic rings. The lowest BCUT2D eigenvalue weighted by molar-refractivity contribution is -0.274. The first kappa shape index (κ1) is 22.8. The Kier molecular flexibility index (Phi) is 6.10. The molecule has 6 nitrogen and oxygen atoms in total. The first-order valence-corrected chi connectivity index (χ1v) is 11.1. The van der Waals surface area contributed by atoms with Gasteiger partial charge in [0.05, 0.1) is 17.6 Å². The minimum Gasteiger partial charge on any atom is -0.489 e. The van der Waals surface area contributed by atoms with E-state index in [9.17, 15) is 17.6 Å². The third-order valence-electron chi connectivity index (χ3n) is 5.71. The normalized spacial score (nSPS) is 16.0. The van der Waals surface area contributed by atoms with E-state index in [2.05, 4.69) is 24.9 Å². The molecule has 182 valence electrons. The third-order valence-corrected chi connectivity index (χ3v) is 5.71. The van der Waals surface area contributed by atoms with Gasteiger partial charge in [-0.15, -0.1) is 13.2 Å². The van der Waals surface area contributed by atoms with Gasteiger partial charge in [0.15, 0.2) is 0 Å². The van der Waals surface area contributed by atoms with Crippen molar-refractivity contribution in [1.82, 2.24) is 9.97 Å². The average Bonchev–Trinajstić information content (AvgIpc) is 3.45. The van der Waals surface area contributed by atoms with E-state index >= 15 is 0 Å². The second-order valence-electron chi connectivity index (χ2n) is 8.26. The van der Waals surface area contributed by atoms with Gasteiger partial charge in [-0.1, -0.05) is 12.1 Å². The number of alkyl halides is 3. The summed E-state index contributed by atoms with van der Waals surface area (Å²) in [7, 11) is 0. The highest BCUT2D eigenvalue weighted by Gasteiger charge is 2.31. The molecule has 0 amide bonds. The SMILES string of the molecule is Fc1ccc(CNc2nc3ccc(N4CCC(Oc5ccc(OC(F)(F)F)cc5)C4)cc3[nH]2)cc1. The van der Waals surface area contributed by atoms with Gasteiger partial charge in [-0.25, -0.2) is 9.37 Å². The van der Waals surface area contributed by atoms with Gasteiger partial charge in [0.2, 0.25) is 5.95 Å². The number of imidazole rings is 1.